The number of hydrogen-bond acceptors (Lipinski definition) is 1. The van der Waals surface area contributed by atoms with Crippen LogP contribution < -0.4 is 0 Å². The highest BCUT2D eigenvalue weighted by Crippen LogP contribution is 2.25. The van der Waals surface area contributed by atoms with Crippen molar-refractivity contribution < 1.29 is 9.18 Å². The van der Waals surface area contributed by atoms with Crippen molar-refractivity contribution in [1.82, 2.24) is 0 Å². The first kappa shape index (κ1) is 13.1. The van der Waals surface area contributed by atoms with Gasteiger partial charge >= 0.3 is 0 Å². The highest BCUT2D eigenvalue weighted by Gasteiger charge is 2.36. The summed E-state index contributed by atoms with van der Waals surface area (Å²) in [6.45, 7) is 6.29. The fourth-order valence-electron chi connectivity index (χ4n) is 2.14. The number of rotatable bonds is 5. The van der Waals surface area contributed by atoms with Crippen molar-refractivity contribution in [3.8, 4) is 0 Å². The monoisotopic (exact) mass is 238 g/mol. The Morgan fingerprint density at radius 1 is 1.06 bits per heavy atom. The maximum Gasteiger partial charge on any atom is 0.140 e. The molecular formula is C13H19FOSi. The minimum Gasteiger partial charge on any atom is -0.300 e. The van der Waals surface area contributed by atoms with Gasteiger partial charge < -0.3 is 4.79 Å². The summed E-state index contributed by atoms with van der Waals surface area (Å²) in [7, 11) is -1.84. The smallest absolute Gasteiger partial charge is 0.140 e. The molecule has 0 amide bonds. The molecule has 0 fully saturated rings. The molecule has 0 atom stereocenters. The van der Waals surface area contributed by atoms with Crippen LogP contribution in [0, 0.1) is 5.82 Å². The van der Waals surface area contributed by atoms with E-state index in [2.05, 4.69) is 20.8 Å². The lowest BCUT2D eigenvalue weighted by atomic mass is 10.2. The fourth-order valence-corrected chi connectivity index (χ4v) is 5.38. The summed E-state index contributed by atoms with van der Waals surface area (Å²) < 4.78 is 12.8. The topological polar surface area (TPSA) is 17.1 Å². The third-order valence-corrected chi connectivity index (χ3v) is 8.93. The van der Waals surface area contributed by atoms with Crippen molar-refractivity contribution in [2.75, 3.05) is 0 Å². The van der Waals surface area contributed by atoms with E-state index in [9.17, 15) is 9.18 Å². The van der Waals surface area contributed by atoms with Gasteiger partial charge in [-0.15, -0.1) is 0 Å². The van der Waals surface area contributed by atoms with Crippen LogP contribution in [0.1, 0.15) is 31.1 Å². The van der Waals surface area contributed by atoms with E-state index < -0.39 is 8.07 Å². The SMILES string of the molecule is CC[Si](CC)(CC)C(=O)c1ccc(F)cc1. The van der Waals surface area contributed by atoms with Gasteiger partial charge in [-0.05, 0) is 24.3 Å². The van der Waals surface area contributed by atoms with Crippen LogP contribution in [0.2, 0.25) is 18.1 Å². The molecule has 16 heavy (non-hydrogen) atoms. The fraction of sp³-hybridized carbons (Fsp3) is 0.462. The van der Waals surface area contributed by atoms with E-state index >= 15 is 0 Å². The number of carbonyl (C=O) groups is 1. The van der Waals surface area contributed by atoms with Gasteiger partial charge in [0.25, 0.3) is 0 Å². The van der Waals surface area contributed by atoms with Crippen LogP contribution in [-0.4, -0.2) is 13.5 Å². The minimum absolute atomic E-state index is 0.278. The van der Waals surface area contributed by atoms with Crippen LogP contribution >= 0.6 is 0 Å². The van der Waals surface area contributed by atoms with Crippen LogP contribution in [0.4, 0.5) is 4.39 Å². The summed E-state index contributed by atoms with van der Waals surface area (Å²) in [6.07, 6.45) is 0. The van der Waals surface area contributed by atoms with Crippen molar-refractivity contribution in [3.63, 3.8) is 0 Å². The first-order chi connectivity index (χ1) is 7.59. The van der Waals surface area contributed by atoms with Crippen molar-refractivity contribution >= 4 is 13.5 Å². The summed E-state index contributed by atoms with van der Waals surface area (Å²) in [5.41, 5.74) is 0.679. The Hall–Kier alpha value is -0.963. The van der Waals surface area contributed by atoms with Crippen molar-refractivity contribution in [1.29, 1.82) is 0 Å². The second kappa shape index (κ2) is 5.39. The van der Waals surface area contributed by atoms with E-state index in [1.165, 1.54) is 12.1 Å². The maximum absolute atomic E-state index is 12.8. The van der Waals surface area contributed by atoms with E-state index in [1.54, 1.807) is 12.1 Å². The summed E-state index contributed by atoms with van der Waals surface area (Å²) in [6, 6.07) is 8.87. The molecule has 1 aromatic rings. The van der Waals surface area contributed by atoms with Crippen molar-refractivity contribution in [2.45, 2.75) is 38.9 Å². The second-order valence-electron chi connectivity index (χ2n) is 4.18. The molecule has 0 aromatic heterocycles. The van der Waals surface area contributed by atoms with Gasteiger partial charge in [-0.1, -0.05) is 38.9 Å². The lowest BCUT2D eigenvalue weighted by Gasteiger charge is -2.25. The largest absolute Gasteiger partial charge is 0.300 e. The highest BCUT2D eigenvalue weighted by atomic mass is 28.3. The van der Waals surface area contributed by atoms with Crippen LogP contribution in [0.3, 0.4) is 0 Å². The van der Waals surface area contributed by atoms with E-state index in [4.69, 9.17) is 0 Å². The van der Waals surface area contributed by atoms with E-state index in [-0.39, 0.29) is 11.2 Å². The Bertz CT molecular complexity index is 346. The number of benzene rings is 1. The maximum atomic E-state index is 12.8. The third-order valence-electron chi connectivity index (χ3n) is 3.62. The lowest BCUT2D eigenvalue weighted by molar-refractivity contribution is 0.106. The van der Waals surface area contributed by atoms with Gasteiger partial charge in [-0.3, -0.25) is 0 Å². The highest BCUT2D eigenvalue weighted by molar-refractivity contribution is 7.07. The van der Waals surface area contributed by atoms with Crippen LogP contribution in [-0.2, 0) is 0 Å². The lowest BCUT2D eigenvalue weighted by Crippen LogP contribution is -2.42. The third kappa shape index (κ3) is 2.40. The Morgan fingerprint density at radius 2 is 1.50 bits per heavy atom. The molecule has 0 saturated carbocycles. The van der Waals surface area contributed by atoms with Gasteiger partial charge in [0.1, 0.15) is 19.3 Å². The van der Waals surface area contributed by atoms with Crippen molar-refractivity contribution in [2.24, 2.45) is 0 Å². The van der Waals surface area contributed by atoms with Gasteiger partial charge in [0.15, 0.2) is 0 Å². The molecule has 0 unspecified atom stereocenters. The molecule has 0 aliphatic carbocycles. The number of halogens is 1. The first-order valence-corrected chi connectivity index (χ1v) is 8.52. The first-order valence-electron chi connectivity index (χ1n) is 5.90. The normalized spacial score (nSPS) is 11.5. The summed E-state index contributed by atoms with van der Waals surface area (Å²) in [4.78, 5) is 12.4. The Balaban J connectivity index is 3.04. The molecule has 88 valence electrons. The molecule has 0 N–H and O–H groups in total. The van der Waals surface area contributed by atoms with Crippen LogP contribution in [0.15, 0.2) is 24.3 Å². The number of carbonyl (C=O) groups excluding carboxylic acids is 1. The molecule has 0 aliphatic heterocycles. The van der Waals surface area contributed by atoms with Gasteiger partial charge in [0, 0.05) is 5.56 Å². The summed E-state index contributed by atoms with van der Waals surface area (Å²) in [5.74, 6) is -0.284. The Labute approximate surface area is 97.7 Å². The Morgan fingerprint density at radius 3 is 1.88 bits per heavy atom. The molecule has 3 heteroatoms. The van der Waals surface area contributed by atoms with E-state index in [0.29, 0.717) is 5.56 Å². The van der Waals surface area contributed by atoms with Gasteiger partial charge in [0.2, 0.25) is 0 Å². The molecule has 0 saturated heterocycles. The second-order valence-corrected chi connectivity index (χ2v) is 9.31. The Kier molecular flexibility index (Phi) is 4.41. The van der Waals surface area contributed by atoms with E-state index in [0.717, 1.165) is 18.1 Å². The molecule has 1 aromatic carbocycles. The summed E-state index contributed by atoms with van der Waals surface area (Å²) >= 11 is 0. The quantitative estimate of drug-likeness (QED) is 0.707. The standard InChI is InChI=1S/C13H19FOSi/c1-4-16(5-2,6-3)13(15)11-7-9-12(14)10-8-11/h7-10H,4-6H2,1-3H3. The molecule has 0 bridgehead atoms. The van der Waals surface area contributed by atoms with Crippen LogP contribution in [0.25, 0.3) is 0 Å². The van der Waals surface area contributed by atoms with Crippen molar-refractivity contribution in [3.05, 3.63) is 35.6 Å². The van der Waals surface area contributed by atoms with Gasteiger partial charge in [-0.2, -0.15) is 0 Å². The molecule has 0 aliphatic rings. The van der Waals surface area contributed by atoms with Gasteiger partial charge in [0.05, 0.1) is 0 Å². The molecule has 0 heterocycles. The minimum atomic E-state index is -1.84. The van der Waals surface area contributed by atoms with Crippen LogP contribution in [0.5, 0.6) is 0 Å². The zero-order chi connectivity index (χ0) is 12.2. The zero-order valence-electron chi connectivity index (χ0n) is 10.2. The zero-order valence-corrected chi connectivity index (χ0v) is 11.2. The molecule has 0 spiro atoms. The molecule has 1 nitrogen and oxygen atoms in total. The van der Waals surface area contributed by atoms with E-state index in [1.807, 2.05) is 0 Å². The van der Waals surface area contributed by atoms with Gasteiger partial charge in [-0.25, -0.2) is 4.39 Å². The average Bonchev–Trinajstić information content (AvgIpc) is 2.33. The molecule has 1 rings (SSSR count). The molecular weight excluding hydrogens is 219 g/mol. The predicted molar refractivity (Wildman–Crippen MR) is 67.9 cm³/mol. The average molecular weight is 238 g/mol. The predicted octanol–water partition coefficient (Wildman–Crippen LogP) is 4.06. The molecule has 0 radical (unpaired) electrons. The summed E-state index contributed by atoms with van der Waals surface area (Å²) in [5, 5.41) is 0.278. The number of hydrogen-bond donors (Lipinski definition) is 0.